The maximum atomic E-state index is 11.8. The molecule has 0 fully saturated rings. The first-order chi connectivity index (χ1) is 8.54. The molecule has 1 unspecified atom stereocenters. The van der Waals surface area contributed by atoms with Crippen molar-refractivity contribution >= 4 is 11.8 Å². The molecule has 0 radical (unpaired) electrons. The number of amides is 2. The van der Waals surface area contributed by atoms with E-state index in [1.807, 2.05) is 0 Å². The quantitative estimate of drug-likeness (QED) is 0.639. The zero-order chi connectivity index (χ0) is 14.0. The first-order valence-corrected chi connectivity index (χ1v) is 6.69. The third kappa shape index (κ3) is 7.27. The van der Waals surface area contributed by atoms with Gasteiger partial charge in [-0.25, -0.2) is 0 Å². The van der Waals surface area contributed by atoms with E-state index in [2.05, 4.69) is 12.2 Å². The smallest absolute Gasteiger partial charge is 0.239 e. The number of hydrogen-bond donors (Lipinski definition) is 2. The van der Waals surface area contributed by atoms with Crippen LogP contribution in [0.1, 0.15) is 39.0 Å². The van der Waals surface area contributed by atoms with Gasteiger partial charge in [0.05, 0.1) is 6.54 Å². The van der Waals surface area contributed by atoms with Gasteiger partial charge in [-0.05, 0) is 25.3 Å². The number of nitrogens with one attached hydrogen (secondary N) is 1. The second-order valence-electron chi connectivity index (χ2n) is 4.69. The summed E-state index contributed by atoms with van der Waals surface area (Å²) >= 11 is 0. The molecule has 1 atom stereocenters. The van der Waals surface area contributed by atoms with E-state index in [1.54, 1.807) is 14.1 Å². The Morgan fingerprint density at radius 1 is 1.28 bits per heavy atom. The fourth-order valence-corrected chi connectivity index (χ4v) is 1.98. The van der Waals surface area contributed by atoms with Gasteiger partial charge in [0.2, 0.25) is 11.8 Å². The molecule has 106 valence electrons. The van der Waals surface area contributed by atoms with Gasteiger partial charge in [0.25, 0.3) is 0 Å². The van der Waals surface area contributed by atoms with E-state index in [1.165, 1.54) is 4.90 Å². The highest BCUT2D eigenvalue weighted by Crippen LogP contribution is 2.17. The summed E-state index contributed by atoms with van der Waals surface area (Å²) in [7, 11) is 3.23. The van der Waals surface area contributed by atoms with E-state index < -0.39 is 0 Å². The van der Waals surface area contributed by atoms with E-state index in [9.17, 15) is 9.59 Å². The maximum Gasteiger partial charge on any atom is 0.239 e. The van der Waals surface area contributed by atoms with Gasteiger partial charge in [0.1, 0.15) is 0 Å². The van der Waals surface area contributed by atoms with Crippen LogP contribution in [0.5, 0.6) is 0 Å². The monoisotopic (exact) mass is 257 g/mol. The van der Waals surface area contributed by atoms with Crippen molar-refractivity contribution in [3.05, 3.63) is 0 Å². The van der Waals surface area contributed by atoms with Crippen LogP contribution in [0.25, 0.3) is 0 Å². The third-order valence-electron chi connectivity index (χ3n) is 3.12. The average molecular weight is 257 g/mol. The van der Waals surface area contributed by atoms with E-state index in [0.717, 1.165) is 25.7 Å². The van der Waals surface area contributed by atoms with E-state index in [0.29, 0.717) is 18.9 Å². The molecule has 0 aromatic heterocycles. The van der Waals surface area contributed by atoms with Gasteiger partial charge < -0.3 is 16.0 Å². The lowest BCUT2D eigenvalue weighted by Crippen LogP contribution is -2.37. The molecular formula is C13H27N3O2. The van der Waals surface area contributed by atoms with Gasteiger partial charge in [-0.1, -0.05) is 19.8 Å². The summed E-state index contributed by atoms with van der Waals surface area (Å²) in [6, 6.07) is 0. The van der Waals surface area contributed by atoms with Crippen LogP contribution < -0.4 is 11.1 Å². The second-order valence-corrected chi connectivity index (χ2v) is 4.69. The SMILES string of the molecule is CCCC(CCN)CCC(=O)N(C)CC(=O)NC. The zero-order valence-corrected chi connectivity index (χ0v) is 11.9. The number of likely N-dealkylation sites (N-methyl/N-ethyl adjacent to an activating group) is 2. The van der Waals surface area contributed by atoms with Crippen LogP contribution >= 0.6 is 0 Å². The Morgan fingerprint density at radius 2 is 1.94 bits per heavy atom. The van der Waals surface area contributed by atoms with Crippen LogP contribution in [0.3, 0.4) is 0 Å². The number of carbonyl (C=O) groups excluding carboxylic acids is 2. The average Bonchev–Trinajstić information content (AvgIpc) is 2.35. The van der Waals surface area contributed by atoms with Crippen molar-refractivity contribution in [3.63, 3.8) is 0 Å². The minimum absolute atomic E-state index is 0.0247. The molecule has 3 N–H and O–H groups in total. The lowest BCUT2D eigenvalue weighted by molar-refractivity contribution is -0.134. The molecule has 0 aliphatic rings. The summed E-state index contributed by atoms with van der Waals surface area (Å²) in [5.74, 6) is 0.409. The summed E-state index contributed by atoms with van der Waals surface area (Å²) in [6.45, 7) is 2.95. The normalized spacial score (nSPS) is 12.0. The molecule has 0 aromatic carbocycles. The summed E-state index contributed by atoms with van der Waals surface area (Å²) in [5.41, 5.74) is 5.56. The summed E-state index contributed by atoms with van der Waals surface area (Å²) in [5, 5.41) is 2.51. The summed E-state index contributed by atoms with van der Waals surface area (Å²) < 4.78 is 0. The zero-order valence-electron chi connectivity index (χ0n) is 11.9. The Hall–Kier alpha value is -1.10. The predicted molar refractivity (Wildman–Crippen MR) is 73.0 cm³/mol. The van der Waals surface area contributed by atoms with Crippen molar-refractivity contribution in [3.8, 4) is 0 Å². The topological polar surface area (TPSA) is 75.4 Å². The number of hydrogen-bond acceptors (Lipinski definition) is 3. The van der Waals surface area contributed by atoms with Crippen molar-refractivity contribution in [1.82, 2.24) is 10.2 Å². The van der Waals surface area contributed by atoms with Gasteiger partial charge in [0, 0.05) is 20.5 Å². The molecule has 0 rings (SSSR count). The molecule has 0 spiro atoms. The largest absolute Gasteiger partial charge is 0.358 e. The van der Waals surface area contributed by atoms with Crippen LogP contribution in [0.4, 0.5) is 0 Å². The molecule has 0 bridgehead atoms. The van der Waals surface area contributed by atoms with Gasteiger partial charge in [0.15, 0.2) is 0 Å². The first kappa shape index (κ1) is 16.9. The fraction of sp³-hybridized carbons (Fsp3) is 0.846. The third-order valence-corrected chi connectivity index (χ3v) is 3.12. The second kappa shape index (κ2) is 9.88. The van der Waals surface area contributed by atoms with Crippen LogP contribution in [0, 0.1) is 5.92 Å². The minimum Gasteiger partial charge on any atom is -0.358 e. The Morgan fingerprint density at radius 3 is 2.44 bits per heavy atom. The minimum atomic E-state index is -0.141. The molecular weight excluding hydrogens is 230 g/mol. The van der Waals surface area contributed by atoms with Crippen LogP contribution in [0.2, 0.25) is 0 Å². The predicted octanol–water partition coefficient (Wildman–Crippen LogP) is 0.736. The molecule has 0 aromatic rings. The number of nitrogens with zero attached hydrogens (tertiary/aromatic N) is 1. The molecule has 0 saturated carbocycles. The van der Waals surface area contributed by atoms with Crippen molar-refractivity contribution < 1.29 is 9.59 Å². The first-order valence-electron chi connectivity index (χ1n) is 6.69. The fourth-order valence-electron chi connectivity index (χ4n) is 1.98. The molecule has 18 heavy (non-hydrogen) atoms. The van der Waals surface area contributed by atoms with E-state index in [4.69, 9.17) is 5.73 Å². The van der Waals surface area contributed by atoms with Crippen molar-refractivity contribution in [2.75, 3.05) is 27.2 Å². The molecule has 0 aliphatic heterocycles. The Kier molecular flexibility index (Phi) is 9.28. The number of carbonyl (C=O) groups is 2. The summed E-state index contributed by atoms with van der Waals surface area (Å²) in [4.78, 5) is 24.4. The molecule has 2 amide bonds. The molecule has 5 heteroatoms. The Balaban J connectivity index is 4.01. The highest BCUT2D eigenvalue weighted by Gasteiger charge is 2.14. The standard InChI is InChI=1S/C13H27N3O2/c1-4-5-11(8-9-14)6-7-13(18)16(3)10-12(17)15-2/h11H,4-10,14H2,1-3H3,(H,15,17). The van der Waals surface area contributed by atoms with Gasteiger partial charge in [-0.3, -0.25) is 9.59 Å². The maximum absolute atomic E-state index is 11.8. The van der Waals surface area contributed by atoms with Gasteiger partial charge >= 0.3 is 0 Å². The number of rotatable bonds is 9. The highest BCUT2D eigenvalue weighted by molar-refractivity contribution is 5.84. The van der Waals surface area contributed by atoms with Gasteiger partial charge in [-0.2, -0.15) is 0 Å². The lowest BCUT2D eigenvalue weighted by Gasteiger charge is -2.19. The van der Waals surface area contributed by atoms with E-state index >= 15 is 0 Å². The van der Waals surface area contributed by atoms with Crippen LogP contribution in [-0.2, 0) is 9.59 Å². The molecule has 5 nitrogen and oxygen atoms in total. The molecule has 0 aliphatic carbocycles. The van der Waals surface area contributed by atoms with Crippen molar-refractivity contribution in [2.24, 2.45) is 11.7 Å². The highest BCUT2D eigenvalue weighted by atomic mass is 16.2. The van der Waals surface area contributed by atoms with Crippen molar-refractivity contribution in [2.45, 2.75) is 39.0 Å². The lowest BCUT2D eigenvalue weighted by atomic mass is 9.94. The number of nitrogens with two attached hydrogens (primary N) is 1. The van der Waals surface area contributed by atoms with Gasteiger partial charge in [-0.15, -0.1) is 0 Å². The molecule has 0 saturated heterocycles. The van der Waals surface area contributed by atoms with Crippen LogP contribution in [-0.4, -0.2) is 43.9 Å². The Bertz CT molecular complexity index is 251. The van der Waals surface area contributed by atoms with Crippen LogP contribution in [0.15, 0.2) is 0 Å². The van der Waals surface area contributed by atoms with E-state index in [-0.39, 0.29) is 18.4 Å². The molecule has 0 heterocycles. The summed E-state index contributed by atoms with van der Waals surface area (Å²) in [6.07, 6.45) is 4.57. The Labute approximate surface area is 110 Å². The van der Waals surface area contributed by atoms with Crippen molar-refractivity contribution in [1.29, 1.82) is 0 Å².